The number of ether oxygens (including phenoxy) is 3. The molecule has 0 atom stereocenters. The minimum atomic E-state index is -0.346. The molecule has 1 aromatic heterocycles. The van der Waals surface area contributed by atoms with Gasteiger partial charge in [-0.3, -0.25) is 4.90 Å². The fourth-order valence-corrected chi connectivity index (χ4v) is 3.93. The van der Waals surface area contributed by atoms with Crippen LogP contribution in [-0.2, 0) is 28.9 Å². The zero-order chi connectivity index (χ0) is 22.3. The Labute approximate surface area is 188 Å². The number of methoxy groups -OCH3 is 1. The lowest BCUT2D eigenvalue weighted by molar-refractivity contribution is -0.145. The maximum Gasteiger partial charge on any atom is 0.344 e. The van der Waals surface area contributed by atoms with Crippen LogP contribution in [0.5, 0.6) is 11.5 Å². The van der Waals surface area contributed by atoms with Crippen LogP contribution in [0.3, 0.4) is 0 Å². The molecular weight excluding hydrogens is 406 g/mol. The number of carbonyl (C=O) groups excluding carboxylic acids is 1. The van der Waals surface area contributed by atoms with Gasteiger partial charge in [0.1, 0.15) is 23.0 Å². The van der Waals surface area contributed by atoms with Gasteiger partial charge < -0.3 is 18.6 Å². The van der Waals surface area contributed by atoms with Crippen LogP contribution in [0.2, 0.25) is 0 Å². The molecule has 0 unspecified atom stereocenters. The van der Waals surface area contributed by atoms with Crippen LogP contribution in [0.25, 0.3) is 11.3 Å². The largest absolute Gasteiger partial charge is 0.497 e. The zero-order valence-electron chi connectivity index (χ0n) is 18.6. The highest BCUT2D eigenvalue weighted by Crippen LogP contribution is 2.26. The van der Waals surface area contributed by atoms with Gasteiger partial charge >= 0.3 is 5.97 Å². The Morgan fingerprint density at radius 1 is 0.969 bits per heavy atom. The van der Waals surface area contributed by atoms with Gasteiger partial charge in [-0.15, -0.1) is 0 Å². The second kappa shape index (κ2) is 10.4. The SMILES string of the molecule is CCOC(=O)COc1ccc2c(c1)CCN(Cc1ccc(-c3ccc(OC)cc3)o1)CC2. The van der Waals surface area contributed by atoms with Gasteiger partial charge in [-0.05, 0) is 79.4 Å². The minimum absolute atomic E-state index is 0.0617. The number of fused-ring (bicyclic) bond motifs is 1. The van der Waals surface area contributed by atoms with Crippen LogP contribution < -0.4 is 9.47 Å². The molecule has 32 heavy (non-hydrogen) atoms. The van der Waals surface area contributed by atoms with Crippen molar-refractivity contribution in [2.75, 3.05) is 33.4 Å². The molecule has 2 heterocycles. The third kappa shape index (κ3) is 5.51. The van der Waals surface area contributed by atoms with Crippen molar-refractivity contribution >= 4 is 5.97 Å². The zero-order valence-corrected chi connectivity index (χ0v) is 18.6. The molecule has 0 radical (unpaired) electrons. The first kappa shape index (κ1) is 22.0. The summed E-state index contributed by atoms with van der Waals surface area (Å²) in [5.74, 6) is 3.02. The van der Waals surface area contributed by atoms with Gasteiger partial charge in [-0.25, -0.2) is 4.79 Å². The van der Waals surface area contributed by atoms with Crippen molar-refractivity contribution in [2.45, 2.75) is 26.3 Å². The highest BCUT2D eigenvalue weighted by atomic mass is 16.6. The van der Waals surface area contributed by atoms with E-state index in [0.29, 0.717) is 12.4 Å². The minimum Gasteiger partial charge on any atom is -0.497 e. The maximum atomic E-state index is 11.5. The van der Waals surface area contributed by atoms with E-state index in [1.54, 1.807) is 14.0 Å². The normalized spacial score (nSPS) is 13.8. The Balaban J connectivity index is 1.34. The smallest absolute Gasteiger partial charge is 0.344 e. The summed E-state index contributed by atoms with van der Waals surface area (Å²) in [5.41, 5.74) is 3.64. The van der Waals surface area contributed by atoms with Crippen molar-refractivity contribution in [1.82, 2.24) is 4.90 Å². The molecule has 2 aromatic carbocycles. The Morgan fingerprint density at radius 2 is 1.72 bits per heavy atom. The van der Waals surface area contributed by atoms with Crippen LogP contribution in [0, 0.1) is 0 Å². The molecule has 6 nitrogen and oxygen atoms in total. The highest BCUT2D eigenvalue weighted by molar-refractivity contribution is 5.71. The second-order valence-corrected chi connectivity index (χ2v) is 7.79. The third-order valence-electron chi connectivity index (χ3n) is 5.65. The molecule has 0 saturated carbocycles. The lowest BCUT2D eigenvalue weighted by atomic mass is 10.0. The molecule has 0 saturated heterocycles. The van der Waals surface area contributed by atoms with E-state index in [2.05, 4.69) is 17.0 Å². The van der Waals surface area contributed by atoms with Crippen LogP contribution >= 0.6 is 0 Å². The Bertz CT molecular complexity index is 1040. The average Bonchev–Trinajstić information content (AvgIpc) is 3.19. The van der Waals surface area contributed by atoms with Gasteiger partial charge in [-0.1, -0.05) is 6.07 Å². The predicted molar refractivity (Wildman–Crippen MR) is 122 cm³/mol. The van der Waals surface area contributed by atoms with E-state index in [9.17, 15) is 4.79 Å². The number of esters is 1. The molecule has 0 N–H and O–H groups in total. The standard InChI is InChI=1S/C26H29NO5/c1-3-30-26(28)18-31-23-9-4-19-12-14-27(15-13-21(19)16-23)17-24-10-11-25(32-24)20-5-7-22(29-2)8-6-20/h4-11,16H,3,12-15,17-18H2,1-2H3. The fraction of sp³-hybridized carbons (Fsp3) is 0.346. The Hall–Kier alpha value is -3.25. The van der Waals surface area contributed by atoms with E-state index in [0.717, 1.165) is 55.3 Å². The van der Waals surface area contributed by atoms with Gasteiger partial charge in [0.2, 0.25) is 0 Å². The van der Waals surface area contributed by atoms with Crippen LogP contribution in [0.1, 0.15) is 23.8 Å². The number of furan rings is 1. The molecule has 0 bridgehead atoms. The van der Waals surface area contributed by atoms with Crippen molar-refractivity contribution in [2.24, 2.45) is 0 Å². The molecule has 6 heteroatoms. The third-order valence-corrected chi connectivity index (χ3v) is 5.65. The van der Waals surface area contributed by atoms with Crippen molar-refractivity contribution in [3.8, 4) is 22.8 Å². The summed E-state index contributed by atoms with van der Waals surface area (Å²) in [4.78, 5) is 13.9. The first-order valence-electron chi connectivity index (χ1n) is 11.0. The summed E-state index contributed by atoms with van der Waals surface area (Å²) in [6.45, 7) is 4.76. The monoisotopic (exact) mass is 435 g/mol. The van der Waals surface area contributed by atoms with Gasteiger partial charge in [-0.2, -0.15) is 0 Å². The van der Waals surface area contributed by atoms with Crippen molar-refractivity contribution < 1.29 is 23.4 Å². The molecule has 1 aliphatic heterocycles. The van der Waals surface area contributed by atoms with Crippen LogP contribution in [-0.4, -0.2) is 44.3 Å². The van der Waals surface area contributed by atoms with Gasteiger partial charge in [0.15, 0.2) is 6.61 Å². The van der Waals surface area contributed by atoms with Crippen LogP contribution in [0.4, 0.5) is 0 Å². The first-order valence-corrected chi connectivity index (χ1v) is 11.0. The van der Waals surface area contributed by atoms with Crippen molar-refractivity contribution in [3.63, 3.8) is 0 Å². The Morgan fingerprint density at radius 3 is 2.47 bits per heavy atom. The van der Waals surface area contributed by atoms with E-state index >= 15 is 0 Å². The molecule has 1 aliphatic rings. The summed E-state index contributed by atoms with van der Waals surface area (Å²) in [6, 6.07) is 18.1. The quantitative estimate of drug-likeness (QED) is 0.486. The molecule has 3 aromatic rings. The molecule has 0 fully saturated rings. The summed E-state index contributed by atoms with van der Waals surface area (Å²) < 4.78 is 21.9. The number of hydrogen-bond donors (Lipinski definition) is 0. The van der Waals surface area contributed by atoms with Gasteiger partial charge in [0, 0.05) is 18.7 Å². The maximum absolute atomic E-state index is 11.5. The summed E-state index contributed by atoms with van der Waals surface area (Å²) in [5, 5.41) is 0. The summed E-state index contributed by atoms with van der Waals surface area (Å²) in [6.07, 6.45) is 1.90. The first-order chi connectivity index (χ1) is 15.6. The second-order valence-electron chi connectivity index (χ2n) is 7.79. The van der Waals surface area contributed by atoms with Crippen LogP contribution in [0.15, 0.2) is 59.0 Å². The van der Waals surface area contributed by atoms with Gasteiger partial charge in [0.25, 0.3) is 0 Å². The van der Waals surface area contributed by atoms with Gasteiger partial charge in [0.05, 0.1) is 20.3 Å². The molecular formula is C26H29NO5. The molecule has 0 aliphatic carbocycles. The van der Waals surface area contributed by atoms with E-state index in [-0.39, 0.29) is 12.6 Å². The number of carbonyl (C=O) groups is 1. The average molecular weight is 436 g/mol. The number of nitrogens with zero attached hydrogens (tertiary/aromatic N) is 1. The number of hydrogen-bond acceptors (Lipinski definition) is 6. The van der Waals surface area contributed by atoms with E-state index < -0.39 is 0 Å². The number of rotatable bonds is 8. The topological polar surface area (TPSA) is 61.1 Å². The molecule has 0 amide bonds. The predicted octanol–water partition coefficient (Wildman–Crippen LogP) is 4.50. The molecule has 4 rings (SSSR count). The Kier molecular flexibility index (Phi) is 7.12. The molecule has 0 spiro atoms. The van der Waals surface area contributed by atoms with E-state index in [1.165, 1.54) is 11.1 Å². The lowest BCUT2D eigenvalue weighted by Gasteiger charge is -2.18. The van der Waals surface area contributed by atoms with Crippen molar-refractivity contribution in [1.29, 1.82) is 0 Å². The molecule has 168 valence electrons. The number of benzene rings is 2. The fourth-order valence-electron chi connectivity index (χ4n) is 3.93. The summed E-state index contributed by atoms with van der Waals surface area (Å²) >= 11 is 0. The van der Waals surface area contributed by atoms with Crippen molar-refractivity contribution in [3.05, 3.63) is 71.5 Å². The van der Waals surface area contributed by atoms with E-state index in [4.69, 9.17) is 18.6 Å². The highest BCUT2D eigenvalue weighted by Gasteiger charge is 2.17. The lowest BCUT2D eigenvalue weighted by Crippen LogP contribution is -2.25. The van der Waals surface area contributed by atoms with E-state index in [1.807, 2.05) is 42.5 Å². The summed E-state index contributed by atoms with van der Waals surface area (Å²) in [7, 11) is 1.66.